The Balaban J connectivity index is 1.57. The number of carbonyl (C=O) groups excluding carboxylic acids is 1. The van der Waals surface area contributed by atoms with Gasteiger partial charge in [-0.05, 0) is 34.7 Å². The predicted octanol–water partition coefficient (Wildman–Crippen LogP) is -0.247. The van der Waals surface area contributed by atoms with Crippen LogP contribution >= 0.6 is 0 Å². The Hall–Kier alpha value is -3.10. The summed E-state index contributed by atoms with van der Waals surface area (Å²) in [5.41, 5.74) is 1.36. The Morgan fingerprint density at radius 1 is 1.29 bits per heavy atom. The van der Waals surface area contributed by atoms with E-state index in [1.807, 2.05) is 0 Å². The number of hydrogen-bond donors (Lipinski definition) is 2. The first-order valence-electron chi connectivity index (χ1n) is 6.29. The molecule has 9 heteroatoms. The first-order chi connectivity index (χ1) is 10.3. The molecular weight excluding hydrogens is 272 g/mol. The molecule has 0 aliphatic carbocycles. The summed E-state index contributed by atoms with van der Waals surface area (Å²) < 4.78 is 1.52. The van der Waals surface area contributed by atoms with Crippen LogP contribution in [0.1, 0.15) is 16.2 Å². The lowest BCUT2D eigenvalue weighted by molar-refractivity contribution is 0.0954. The summed E-state index contributed by atoms with van der Waals surface area (Å²) in [6.45, 7) is 0.489. The number of carbonyl (C=O) groups is 1. The van der Waals surface area contributed by atoms with E-state index in [9.17, 15) is 4.79 Å². The summed E-state index contributed by atoms with van der Waals surface area (Å²) in [5, 5.41) is 20.2. The molecule has 0 bridgehead atoms. The summed E-state index contributed by atoms with van der Waals surface area (Å²) in [7, 11) is 0. The van der Waals surface area contributed by atoms with Crippen LogP contribution in [-0.4, -0.2) is 47.8 Å². The van der Waals surface area contributed by atoms with Gasteiger partial charge in [-0.25, -0.2) is 9.67 Å². The number of rotatable bonds is 5. The standard InChI is InChI=1S/C12H12N8O/c21-12(13-6-5-11-14-7-15-17-11)9-1-3-10(4-2-9)20-8-16-18-19-20/h1-4,7-8H,5-6H2,(H,13,21)(H,14,15,17). The van der Waals surface area contributed by atoms with E-state index in [4.69, 9.17) is 0 Å². The van der Waals surface area contributed by atoms with Crippen molar-refractivity contribution in [2.75, 3.05) is 6.54 Å². The van der Waals surface area contributed by atoms with Gasteiger partial charge in [0.15, 0.2) is 0 Å². The molecule has 21 heavy (non-hydrogen) atoms. The highest BCUT2D eigenvalue weighted by Gasteiger charge is 2.06. The molecule has 0 aliphatic rings. The molecule has 1 aromatic carbocycles. The minimum atomic E-state index is -0.141. The van der Waals surface area contributed by atoms with Crippen molar-refractivity contribution in [2.45, 2.75) is 6.42 Å². The molecule has 0 fully saturated rings. The van der Waals surface area contributed by atoms with Gasteiger partial charge < -0.3 is 5.32 Å². The fraction of sp³-hybridized carbons (Fsp3) is 0.167. The van der Waals surface area contributed by atoms with E-state index in [0.717, 1.165) is 11.5 Å². The van der Waals surface area contributed by atoms with E-state index in [2.05, 4.69) is 36.0 Å². The van der Waals surface area contributed by atoms with Crippen LogP contribution in [0.15, 0.2) is 36.9 Å². The summed E-state index contributed by atoms with van der Waals surface area (Å²) in [6, 6.07) is 7.00. The third-order valence-corrected chi connectivity index (χ3v) is 2.86. The molecule has 3 rings (SSSR count). The highest BCUT2D eigenvalue weighted by molar-refractivity contribution is 5.94. The first kappa shape index (κ1) is 12.9. The molecule has 106 valence electrons. The second kappa shape index (κ2) is 5.90. The smallest absolute Gasteiger partial charge is 0.251 e. The van der Waals surface area contributed by atoms with Gasteiger partial charge in [-0.3, -0.25) is 9.89 Å². The highest BCUT2D eigenvalue weighted by atomic mass is 16.1. The zero-order valence-electron chi connectivity index (χ0n) is 11.0. The fourth-order valence-corrected chi connectivity index (χ4v) is 1.79. The van der Waals surface area contributed by atoms with E-state index in [1.54, 1.807) is 24.3 Å². The molecule has 2 heterocycles. The molecule has 0 saturated carbocycles. The third-order valence-electron chi connectivity index (χ3n) is 2.86. The Kier molecular flexibility index (Phi) is 3.63. The molecular formula is C12H12N8O. The summed E-state index contributed by atoms with van der Waals surface area (Å²) in [4.78, 5) is 16.0. The van der Waals surface area contributed by atoms with Gasteiger partial charge in [0.05, 0.1) is 5.69 Å². The minimum absolute atomic E-state index is 0.141. The Morgan fingerprint density at radius 2 is 2.14 bits per heavy atom. The molecule has 1 amide bonds. The third kappa shape index (κ3) is 3.08. The largest absolute Gasteiger partial charge is 0.352 e. The summed E-state index contributed by atoms with van der Waals surface area (Å²) in [5.74, 6) is 0.599. The van der Waals surface area contributed by atoms with Crippen molar-refractivity contribution >= 4 is 5.91 Å². The van der Waals surface area contributed by atoms with Crippen LogP contribution in [0.4, 0.5) is 0 Å². The lowest BCUT2D eigenvalue weighted by Gasteiger charge is -2.05. The molecule has 0 radical (unpaired) electrons. The Bertz CT molecular complexity index is 689. The van der Waals surface area contributed by atoms with Gasteiger partial charge in [0.25, 0.3) is 5.91 Å². The summed E-state index contributed by atoms with van der Waals surface area (Å²) in [6.07, 6.45) is 3.54. The lowest BCUT2D eigenvalue weighted by atomic mass is 10.2. The quantitative estimate of drug-likeness (QED) is 0.668. The van der Waals surface area contributed by atoms with Crippen LogP contribution in [0.5, 0.6) is 0 Å². The molecule has 0 aliphatic heterocycles. The molecule has 0 unspecified atom stereocenters. The molecule has 0 atom stereocenters. The van der Waals surface area contributed by atoms with Crippen LogP contribution in [0.2, 0.25) is 0 Å². The molecule has 2 N–H and O–H groups in total. The maximum atomic E-state index is 12.0. The first-order valence-corrected chi connectivity index (χ1v) is 6.29. The van der Waals surface area contributed by atoms with Gasteiger partial charge >= 0.3 is 0 Å². The van der Waals surface area contributed by atoms with Gasteiger partial charge in [0.1, 0.15) is 18.5 Å². The average Bonchev–Trinajstić information content (AvgIpc) is 3.21. The van der Waals surface area contributed by atoms with Crippen LogP contribution in [0.25, 0.3) is 5.69 Å². The number of aromatic nitrogens is 7. The SMILES string of the molecule is O=C(NCCc1ncn[nH]1)c1ccc(-n2cnnn2)cc1. The van der Waals surface area contributed by atoms with Crippen molar-refractivity contribution in [3.63, 3.8) is 0 Å². The second-order valence-electron chi connectivity index (χ2n) is 4.24. The van der Waals surface area contributed by atoms with Crippen molar-refractivity contribution in [2.24, 2.45) is 0 Å². The van der Waals surface area contributed by atoms with Gasteiger partial charge in [-0.1, -0.05) is 0 Å². The molecule has 0 spiro atoms. The van der Waals surface area contributed by atoms with E-state index >= 15 is 0 Å². The van der Waals surface area contributed by atoms with Crippen LogP contribution in [-0.2, 0) is 6.42 Å². The van der Waals surface area contributed by atoms with Crippen molar-refractivity contribution in [1.82, 2.24) is 40.7 Å². The zero-order chi connectivity index (χ0) is 14.5. The zero-order valence-corrected chi connectivity index (χ0v) is 11.0. The number of amides is 1. The van der Waals surface area contributed by atoms with Crippen LogP contribution in [0, 0.1) is 0 Å². The molecule has 9 nitrogen and oxygen atoms in total. The second-order valence-corrected chi connectivity index (χ2v) is 4.24. The van der Waals surface area contributed by atoms with Crippen LogP contribution in [0.3, 0.4) is 0 Å². The monoisotopic (exact) mass is 284 g/mol. The van der Waals surface area contributed by atoms with E-state index in [0.29, 0.717) is 18.5 Å². The maximum Gasteiger partial charge on any atom is 0.251 e. The fourth-order valence-electron chi connectivity index (χ4n) is 1.79. The van der Waals surface area contributed by atoms with Gasteiger partial charge in [0, 0.05) is 18.5 Å². The average molecular weight is 284 g/mol. The Labute approximate surface area is 119 Å². The van der Waals surface area contributed by atoms with Crippen LogP contribution < -0.4 is 5.32 Å². The van der Waals surface area contributed by atoms with E-state index < -0.39 is 0 Å². The van der Waals surface area contributed by atoms with E-state index in [1.165, 1.54) is 17.3 Å². The number of nitrogens with zero attached hydrogens (tertiary/aromatic N) is 6. The maximum absolute atomic E-state index is 12.0. The van der Waals surface area contributed by atoms with Gasteiger partial charge in [-0.2, -0.15) is 5.10 Å². The number of nitrogens with one attached hydrogen (secondary N) is 2. The number of hydrogen-bond acceptors (Lipinski definition) is 6. The minimum Gasteiger partial charge on any atom is -0.352 e. The molecule has 0 saturated heterocycles. The number of aromatic amines is 1. The van der Waals surface area contributed by atoms with E-state index in [-0.39, 0.29) is 5.91 Å². The number of tetrazole rings is 1. The van der Waals surface area contributed by atoms with Crippen molar-refractivity contribution in [3.8, 4) is 5.69 Å². The predicted molar refractivity (Wildman–Crippen MR) is 71.6 cm³/mol. The molecule has 2 aromatic heterocycles. The molecule has 3 aromatic rings. The normalized spacial score (nSPS) is 10.5. The number of benzene rings is 1. The van der Waals surface area contributed by atoms with Crippen molar-refractivity contribution in [1.29, 1.82) is 0 Å². The van der Waals surface area contributed by atoms with Gasteiger partial charge in [0.2, 0.25) is 0 Å². The summed E-state index contributed by atoms with van der Waals surface area (Å²) >= 11 is 0. The Morgan fingerprint density at radius 3 is 2.81 bits per heavy atom. The van der Waals surface area contributed by atoms with Gasteiger partial charge in [-0.15, -0.1) is 5.10 Å². The van der Waals surface area contributed by atoms with Crippen molar-refractivity contribution in [3.05, 3.63) is 48.3 Å². The highest BCUT2D eigenvalue weighted by Crippen LogP contribution is 2.07. The topological polar surface area (TPSA) is 114 Å². The lowest BCUT2D eigenvalue weighted by Crippen LogP contribution is -2.25. The number of H-pyrrole nitrogens is 1. The van der Waals surface area contributed by atoms with Crippen molar-refractivity contribution < 1.29 is 4.79 Å².